The Kier molecular flexibility index (Phi) is 5.85. The molecule has 4 nitrogen and oxygen atoms in total. The minimum absolute atomic E-state index is 0.546. The van der Waals surface area contributed by atoms with Crippen molar-refractivity contribution in [1.29, 1.82) is 0 Å². The summed E-state index contributed by atoms with van der Waals surface area (Å²) in [7, 11) is 1.62. The molecule has 1 aromatic rings. The van der Waals surface area contributed by atoms with Gasteiger partial charge in [-0.05, 0) is 12.0 Å². The van der Waals surface area contributed by atoms with Gasteiger partial charge in [-0.3, -0.25) is 0 Å². The molecule has 0 spiro atoms. The standard InChI is InChI=1S/C13H21N3OS/c1-10(2)9-16(7-5-12(14)18)11-4-6-15-13(8-11)17-3/h4,6,8,10H,5,7,9H2,1-3H3,(H2,14,18). The third kappa shape index (κ3) is 4.87. The van der Waals surface area contributed by atoms with Crippen LogP contribution in [0.2, 0.25) is 0 Å². The number of pyridine rings is 1. The van der Waals surface area contributed by atoms with Crippen LogP contribution in [0.15, 0.2) is 18.3 Å². The lowest BCUT2D eigenvalue weighted by atomic mass is 10.2. The highest BCUT2D eigenvalue weighted by molar-refractivity contribution is 7.80. The Morgan fingerprint density at radius 1 is 1.56 bits per heavy atom. The van der Waals surface area contributed by atoms with Crippen molar-refractivity contribution in [3.8, 4) is 5.88 Å². The number of anilines is 1. The van der Waals surface area contributed by atoms with Gasteiger partial charge in [-0.25, -0.2) is 4.98 Å². The number of nitrogens with zero attached hydrogens (tertiary/aromatic N) is 2. The second kappa shape index (κ2) is 7.16. The Morgan fingerprint density at radius 3 is 2.83 bits per heavy atom. The van der Waals surface area contributed by atoms with E-state index < -0.39 is 0 Å². The second-order valence-corrected chi connectivity index (χ2v) is 5.14. The van der Waals surface area contributed by atoms with E-state index in [-0.39, 0.29) is 0 Å². The lowest BCUT2D eigenvalue weighted by Gasteiger charge is -2.26. The molecule has 1 rings (SSSR count). The first-order valence-corrected chi connectivity index (χ1v) is 6.47. The zero-order valence-electron chi connectivity index (χ0n) is 11.2. The Hall–Kier alpha value is -1.36. The topological polar surface area (TPSA) is 51.4 Å². The Bertz CT molecular complexity index is 396. The zero-order valence-corrected chi connectivity index (χ0v) is 12.0. The van der Waals surface area contributed by atoms with Crippen LogP contribution >= 0.6 is 12.2 Å². The Morgan fingerprint density at radius 2 is 2.28 bits per heavy atom. The summed E-state index contributed by atoms with van der Waals surface area (Å²) >= 11 is 4.94. The molecule has 0 aliphatic carbocycles. The number of nitrogens with two attached hydrogens (primary N) is 1. The summed E-state index contributed by atoms with van der Waals surface area (Å²) in [6.45, 7) is 6.15. The monoisotopic (exact) mass is 267 g/mol. The molecule has 0 amide bonds. The molecule has 18 heavy (non-hydrogen) atoms. The number of hydrogen-bond donors (Lipinski definition) is 1. The van der Waals surface area contributed by atoms with E-state index in [0.29, 0.717) is 23.2 Å². The van der Waals surface area contributed by atoms with Crippen molar-refractivity contribution in [1.82, 2.24) is 4.98 Å². The predicted octanol–water partition coefficient (Wildman–Crippen LogP) is 2.23. The average Bonchev–Trinajstić information content (AvgIpc) is 2.34. The number of methoxy groups -OCH3 is 1. The Balaban J connectivity index is 2.82. The highest BCUT2D eigenvalue weighted by Crippen LogP contribution is 2.20. The Labute approximate surface area is 114 Å². The van der Waals surface area contributed by atoms with E-state index in [0.717, 1.165) is 18.8 Å². The summed E-state index contributed by atoms with van der Waals surface area (Å²) in [5.74, 6) is 1.19. The predicted molar refractivity (Wildman–Crippen MR) is 79.2 cm³/mol. The summed E-state index contributed by atoms with van der Waals surface area (Å²) in [4.78, 5) is 6.92. The van der Waals surface area contributed by atoms with E-state index in [4.69, 9.17) is 22.7 Å². The third-order valence-electron chi connectivity index (χ3n) is 2.51. The zero-order chi connectivity index (χ0) is 13.5. The van der Waals surface area contributed by atoms with Gasteiger partial charge in [0.25, 0.3) is 0 Å². The van der Waals surface area contributed by atoms with Crippen molar-refractivity contribution in [3.05, 3.63) is 18.3 Å². The quantitative estimate of drug-likeness (QED) is 0.768. The lowest BCUT2D eigenvalue weighted by Crippen LogP contribution is -2.31. The van der Waals surface area contributed by atoms with Crippen molar-refractivity contribution in [2.45, 2.75) is 20.3 Å². The van der Waals surface area contributed by atoms with Gasteiger partial charge in [0.15, 0.2) is 0 Å². The molecule has 2 N–H and O–H groups in total. The second-order valence-electron chi connectivity index (χ2n) is 4.61. The molecule has 5 heteroatoms. The molecule has 100 valence electrons. The summed E-state index contributed by atoms with van der Waals surface area (Å²) in [6.07, 6.45) is 2.47. The highest BCUT2D eigenvalue weighted by Gasteiger charge is 2.10. The molecule has 0 bridgehead atoms. The lowest BCUT2D eigenvalue weighted by molar-refractivity contribution is 0.398. The van der Waals surface area contributed by atoms with Gasteiger partial charge < -0.3 is 15.4 Å². The van der Waals surface area contributed by atoms with Crippen molar-refractivity contribution in [2.75, 3.05) is 25.1 Å². The van der Waals surface area contributed by atoms with Crippen molar-refractivity contribution < 1.29 is 4.74 Å². The van der Waals surface area contributed by atoms with Crippen molar-refractivity contribution >= 4 is 22.9 Å². The van der Waals surface area contributed by atoms with Crippen LogP contribution in [-0.4, -0.2) is 30.2 Å². The van der Waals surface area contributed by atoms with E-state index in [1.165, 1.54) is 0 Å². The van der Waals surface area contributed by atoms with Crippen molar-refractivity contribution in [2.24, 2.45) is 11.7 Å². The first kappa shape index (κ1) is 14.7. The fourth-order valence-electron chi connectivity index (χ4n) is 1.72. The van der Waals surface area contributed by atoms with E-state index in [1.54, 1.807) is 13.3 Å². The summed E-state index contributed by atoms with van der Waals surface area (Å²) in [5, 5.41) is 0. The van der Waals surface area contributed by atoms with E-state index >= 15 is 0 Å². The average molecular weight is 267 g/mol. The highest BCUT2D eigenvalue weighted by atomic mass is 32.1. The maximum Gasteiger partial charge on any atom is 0.214 e. The maximum atomic E-state index is 5.57. The molecule has 1 aromatic heterocycles. The fraction of sp³-hybridized carbons (Fsp3) is 0.538. The van der Waals surface area contributed by atoms with Gasteiger partial charge in [0, 0.05) is 37.5 Å². The first-order valence-electron chi connectivity index (χ1n) is 6.06. The molecule has 0 aliphatic rings. The van der Waals surface area contributed by atoms with Crippen molar-refractivity contribution in [3.63, 3.8) is 0 Å². The van der Waals surface area contributed by atoms with Gasteiger partial charge in [0.05, 0.1) is 12.1 Å². The minimum Gasteiger partial charge on any atom is -0.481 e. The van der Waals surface area contributed by atoms with Crippen LogP contribution < -0.4 is 15.4 Å². The molecule has 0 atom stereocenters. The van der Waals surface area contributed by atoms with Crippen LogP contribution in [0.1, 0.15) is 20.3 Å². The van der Waals surface area contributed by atoms with E-state index in [1.807, 2.05) is 12.1 Å². The van der Waals surface area contributed by atoms with E-state index in [9.17, 15) is 0 Å². The molecule has 0 saturated carbocycles. The van der Waals surface area contributed by atoms with Crippen LogP contribution in [0, 0.1) is 5.92 Å². The van der Waals surface area contributed by atoms with Gasteiger partial charge in [0.1, 0.15) is 0 Å². The van der Waals surface area contributed by atoms with Gasteiger partial charge in [-0.1, -0.05) is 26.1 Å². The SMILES string of the molecule is COc1cc(N(CCC(N)=S)CC(C)C)ccn1. The number of ether oxygens (including phenoxy) is 1. The molecule has 0 fully saturated rings. The van der Waals surface area contributed by atoms with Gasteiger partial charge in [-0.15, -0.1) is 0 Å². The maximum absolute atomic E-state index is 5.57. The number of hydrogen-bond acceptors (Lipinski definition) is 4. The largest absolute Gasteiger partial charge is 0.481 e. The molecule has 0 aromatic carbocycles. The molecule has 0 saturated heterocycles. The van der Waals surface area contributed by atoms with E-state index in [2.05, 4.69) is 23.7 Å². The van der Waals surface area contributed by atoms with Crippen LogP contribution in [0.25, 0.3) is 0 Å². The molecular formula is C13H21N3OS. The summed E-state index contributed by atoms with van der Waals surface area (Å²) in [6, 6.07) is 3.91. The third-order valence-corrected chi connectivity index (χ3v) is 2.71. The normalized spacial score (nSPS) is 10.4. The van der Waals surface area contributed by atoms with Crippen LogP contribution in [0.3, 0.4) is 0 Å². The summed E-state index contributed by atoms with van der Waals surface area (Å²) in [5.41, 5.74) is 6.66. The van der Waals surface area contributed by atoms with Gasteiger partial charge in [0.2, 0.25) is 5.88 Å². The molecule has 1 heterocycles. The molecular weight excluding hydrogens is 246 g/mol. The van der Waals surface area contributed by atoms with Crippen LogP contribution in [0.4, 0.5) is 5.69 Å². The molecule has 0 unspecified atom stereocenters. The number of thiocarbonyl (C=S) groups is 1. The fourth-order valence-corrected chi connectivity index (χ4v) is 1.81. The van der Waals surface area contributed by atoms with Crippen LogP contribution in [0.5, 0.6) is 5.88 Å². The number of rotatable bonds is 7. The molecule has 0 radical (unpaired) electrons. The number of aromatic nitrogens is 1. The van der Waals surface area contributed by atoms with Gasteiger partial charge in [-0.2, -0.15) is 0 Å². The van der Waals surface area contributed by atoms with Crippen LogP contribution in [-0.2, 0) is 0 Å². The smallest absolute Gasteiger partial charge is 0.214 e. The molecule has 0 aliphatic heterocycles. The first-order chi connectivity index (χ1) is 8.52. The van der Waals surface area contributed by atoms with Gasteiger partial charge >= 0.3 is 0 Å². The minimum atomic E-state index is 0.546. The summed E-state index contributed by atoms with van der Waals surface area (Å²) < 4.78 is 5.15.